The highest BCUT2D eigenvalue weighted by molar-refractivity contribution is 8.00. The lowest BCUT2D eigenvalue weighted by Crippen LogP contribution is -2.71. The molecule has 3 amide bonds. The van der Waals surface area contributed by atoms with E-state index in [0.717, 1.165) is 5.56 Å². The summed E-state index contributed by atoms with van der Waals surface area (Å²) in [7, 11) is 0. The van der Waals surface area contributed by atoms with Crippen LogP contribution in [0.15, 0.2) is 71.9 Å². The Morgan fingerprint density at radius 1 is 1.12 bits per heavy atom. The highest BCUT2D eigenvalue weighted by atomic mass is 32.2. The van der Waals surface area contributed by atoms with Gasteiger partial charge < -0.3 is 20.5 Å². The first-order valence-corrected chi connectivity index (χ1v) is 11.6. The first-order valence-electron chi connectivity index (χ1n) is 10.6. The van der Waals surface area contributed by atoms with E-state index in [-0.39, 0.29) is 12.3 Å². The monoisotopic (exact) mass is 481 g/mol. The molecule has 2 unspecified atom stereocenters. The van der Waals surface area contributed by atoms with Crippen LogP contribution in [0.2, 0.25) is 0 Å². The van der Waals surface area contributed by atoms with E-state index in [9.17, 15) is 24.3 Å². The molecule has 3 atom stereocenters. The maximum Gasteiger partial charge on any atom is 0.408 e. The van der Waals surface area contributed by atoms with Crippen LogP contribution < -0.4 is 10.6 Å². The largest absolute Gasteiger partial charge is 0.477 e. The highest BCUT2D eigenvalue weighted by Crippen LogP contribution is 2.40. The van der Waals surface area contributed by atoms with Gasteiger partial charge in [0.2, 0.25) is 5.91 Å². The molecule has 1 saturated heterocycles. The summed E-state index contributed by atoms with van der Waals surface area (Å²) < 4.78 is 5.25. The number of nitrogens with zero attached hydrogens (tertiary/aromatic N) is 1. The zero-order valence-corrected chi connectivity index (χ0v) is 19.1. The molecule has 0 spiro atoms. The smallest absolute Gasteiger partial charge is 0.408 e. The van der Waals surface area contributed by atoms with Crippen molar-refractivity contribution >= 4 is 35.6 Å². The Labute approximate surface area is 200 Å². The van der Waals surface area contributed by atoms with Gasteiger partial charge in [0.25, 0.3) is 5.91 Å². The van der Waals surface area contributed by atoms with Gasteiger partial charge in [-0.3, -0.25) is 14.5 Å². The lowest BCUT2D eigenvalue weighted by molar-refractivity contribution is -0.151. The van der Waals surface area contributed by atoms with E-state index in [1.165, 1.54) is 16.7 Å². The van der Waals surface area contributed by atoms with Crippen LogP contribution in [-0.4, -0.2) is 51.1 Å². The summed E-state index contributed by atoms with van der Waals surface area (Å²) in [6.07, 6.45) is -0.784. The second-order valence-electron chi connectivity index (χ2n) is 7.88. The lowest BCUT2D eigenvalue weighted by atomic mass is 10.0. The fourth-order valence-corrected chi connectivity index (χ4v) is 5.13. The zero-order valence-electron chi connectivity index (χ0n) is 18.3. The van der Waals surface area contributed by atoms with Crippen molar-refractivity contribution in [3.8, 4) is 0 Å². The van der Waals surface area contributed by atoms with Gasteiger partial charge in [-0.05, 0) is 23.6 Å². The molecular weight excluding hydrogens is 458 g/mol. The molecule has 3 N–H and O–H groups in total. The van der Waals surface area contributed by atoms with Crippen LogP contribution >= 0.6 is 11.8 Å². The number of carboxylic acid groups (broad SMARTS) is 1. The average Bonchev–Trinajstić information content (AvgIpc) is 2.85. The molecule has 4 rings (SSSR count). The van der Waals surface area contributed by atoms with Gasteiger partial charge in [0, 0.05) is 5.75 Å². The molecule has 0 saturated carbocycles. The van der Waals surface area contributed by atoms with Gasteiger partial charge in [0.1, 0.15) is 29.8 Å². The van der Waals surface area contributed by atoms with Crippen molar-refractivity contribution in [2.24, 2.45) is 0 Å². The fraction of sp³-hybridized carbons (Fsp3) is 0.250. The molecule has 2 aromatic carbocycles. The summed E-state index contributed by atoms with van der Waals surface area (Å²) in [4.78, 5) is 51.1. The predicted molar refractivity (Wildman–Crippen MR) is 124 cm³/mol. The number of carbonyl (C=O) groups is 4. The summed E-state index contributed by atoms with van der Waals surface area (Å²) in [5.41, 5.74) is 1.86. The van der Waals surface area contributed by atoms with Crippen molar-refractivity contribution in [2.45, 2.75) is 31.0 Å². The van der Waals surface area contributed by atoms with Crippen LogP contribution in [0.1, 0.15) is 24.1 Å². The molecule has 2 aliphatic heterocycles. The van der Waals surface area contributed by atoms with Crippen molar-refractivity contribution in [3.05, 3.63) is 83.1 Å². The molecule has 0 aromatic heterocycles. The normalized spacial score (nSPS) is 20.0. The number of carbonyl (C=O) groups excluding carboxylic acids is 3. The van der Waals surface area contributed by atoms with Crippen LogP contribution in [0.25, 0.3) is 0 Å². The Hall–Kier alpha value is -3.79. The van der Waals surface area contributed by atoms with Crippen LogP contribution in [0.4, 0.5) is 4.79 Å². The van der Waals surface area contributed by atoms with Gasteiger partial charge in [-0.1, -0.05) is 60.7 Å². The molecule has 34 heavy (non-hydrogen) atoms. The van der Waals surface area contributed by atoms with Crippen LogP contribution in [-0.2, 0) is 25.7 Å². The molecular formula is C24H23N3O6S. The van der Waals surface area contributed by atoms with Crippen molar-refractivity contribution < 1.29 is 29.0 Å². The fourth-order valence-electron chi connectivity index (χ4n) is 3.84. The third-order valence-corrected chi connectivity index (χ3v) is 6.95. The minimum atomic E-state index is -1.18. The number of carboxylic acids is 1. The first-order chi connectivity index (χ1) is 16.4. The molecule has 0 aliphatic carbocycles. The third kappa shape index (κ3) is 4.76. The highest BCUT2D eigenvalue weighted by Gasteiger charge is 2.54. The first kappa shape index (κ1) is 23.4. The molecule has 10 heteroatoms. The summed E-state index contributed by atoms with van der Waals surface area (Å²) in [5, 5.41) is 14.2. The zero-order chi connectivity index (χ0) is 24.2. The third-order valence-electron chi connectivity index (χ3n) is 5.53. The average molecular weight is 482 g/mol. The summed E-state index contributed by atoms with van der Waals surface area (Å²) >= 11 is 1.38. The number of hydrogen-bond donors (Lipinski definition) is 3. The molecule has 1 fully saturated rings. The van der Waals surface area contributed by atoms with Gasteiger partial charge in [0.15, 0.2) is 0 Å². The Morgan fingerprint density at radius 3 is 2.41 bits per heavy atom. The Bertz CT molecular complexity index is 1140. The van der Waals surface area contributed by atoms with Gasteiger partial charge >= 0.3 is 12.1 Å². The maximum absolute atomic E-state index is 13.2. The number of aliphatic carboxylic acids is 1. The quantitative estimate of drug-likeness (QED) is 0.519. The number of fused-ring (bicyclic) bond motifs is 1. The van der Waals surface area contributed by atoms with E-state index < -0.39 is 41.3 Å². The minimum absolute atomic E-state index is 0.0360. The van der Waals surface area contributed by atoms with E-state index in [2.05, 4.69) is 10.6 Å². The van der Waals surface area contributed by atoms with E-state index in [1.807, 2.05) is 30.3 Å². The number of ether oxygens (including phenoxy) is 1. The lowest BCUT2D eigenvalue weighted by Gasteiger charge is -2.49. The topological polar surface area (TPSA) is 125 Å². The van der Waals surface area contributed by atoms with Crippen molar-refractivity contribution in [3.63, 3.8) is 0 Å². The number of thioether (sulfide) groups is 1. The van der Waals surface area contributed by atoms with Crippen molar-refractivity contribution in [2.75, 3.05) is 5.75 Å². The Balaban J connectivity index is 1.45. The van der Waals surface area contributed by atoms with E-state index >= 15 is 0 Å². The predicted octanol–water partition coefficient (Wildman–Crippen LogP) is 2.41. The number of nitrogens with one attached hydrogen (secondary N) is 2. The van der Waals surface area contributed by atoms with Gasteiger partial charge in [-0.15, -0.1) is 11.8 Å². The van der Waals surface area contributed by atoms with E-state index in [0.29, 0.717) is 16.9 Å². The van der Waals surface area contributed by atoms with Gasteiger partial charge in [-0.2, -0.15) is 0 Å². The standard InChI is InChI=1S/C24H23N3O6S/c1-14-13-34-22-18(21(29)27(22)19(14)23(30)31)25-20(28)17(16-10-6-3-7-11-16)26-24(32)33-12-15-8-4-2-5-9-15/h2-11,17-18,22H,12-13H2,1H3,(H,25,28)(H,26,32)(H,30,31)/t17?,18?,22-/m1/s1. The molecule has 2 aromatic rings. The van der Waals surface area contributed by atoms with Crippen LogP contribution in [0, 0.1) is 0 Å². The molecule has 2 heterocycles. The number of amides is 3. The van der Waals surface area contributed by atoms with E-state index in [4.69, 9.17) is 4.74 Å². The Kier molecular flexibility index (Phi) is 6.87. The van der Waals surface area contributed by atoms with Gasteiger partial charge in [-0.25, -0.2) is 9.59 Å². The second kappa shape index (κ2) is 10.0. The number of hydrogen-bond acceptors (Lipinski definition) is 6. The van der Waals surface area contributed by atoms with Crippen molar-refractivity contribution in [1.82, 2.24) is 15.5 Å². The SMILES string of the molecule is CC1=C(C(=O)O)N2C(=O)C(NC(=O)C(NC(=O)OCc3ccccc3)c3ccccc3)[C@H]2SC1. The number of β-lactam (4-membered cyclic amide) rings is 1. The number of rotatable bonds is 7. The number of alkyl carbamates (subject to hydrolysis) is 1. The maximum atomic E-state index is 13.2. The molecule has 9 nitrogen and oxygen atoms in total. The minimum Gasteiger partial charge on any atom is -0.477 e. The number of benzene rings is 2. The van der Waals surface area contributed by atoms with Gasteiger partial charge in [0.05, 0.1) is 0 Å². The molecule has 176 valence electrons. The van der Waals surface area contributed by atoms with Crippen molar-refractivity contribution in [1.29, 1.82) is 0 Å². The summed E-state index contributed by atoms with van der Waals surface area (Å²) in [5.74, 6) is -1.83. The molecule has 2 aliphatic rings. The summed E-state index contributed by atoms with van der Waals surface area (Å²) in [6.45, 7) is 1.70. The Morgan fingerprint density at radius 2 is 1.76 bits per heavy atom. The summed E-state index contributed by atoms with van der Waals surface area (Å²) in [6, 6.07) is 15.7. The molecule has 0 radical (unpaired) electrons. The van der Waals surface area contributed by atoms with E-state index in [1.54, 1.807) is 37.3 Å². The second-order valence-corrected chi connectivity index (χ2v) is 8.98. The van der Waals surface area contributed by atoms with Crippen LogP contribution in [0.5, 0.6) is 0 Å². The van der Waals surface area contributed by atoms with Crippen LogP contribution in [0.3, 0.4) is 0 Å². The molecule has 0 bridgehead atoms.